The number of aryl methyl sites for hydroxylation is 1. The summed E-state index contributed by atoms with van der Waals surface area (Å²) in [7, 11) is -2.89. The Bertz CT molecular complexity index is 502. The van der Waals surface area contributed by atoms with Gasteiger partial charge >= 0.3 is 0 Å². The van der Waals surface area contributed by atoms with E-state index in [1.54, 1.807) is 0 Å². The molecule has 0 radical (unpaired) electrons. The zero-order chi connectivity index (χ0) is 14.3. The predicted molar refractivity (Wildman–Crippen MR) is 78.4 cm³/mol. The van der Waals surface area contributed by atoms with Gasteiger partial charge in [-0.2, -0.15) is 4.98 Å². The first-order valence-corrected chi connectivity index (χ1v) is 8.48. The van der Waals surface area contributed by atoms with Crippen LogP contribution in [-0.4, -0.2) is 43.5 Å². The molecule has 6 nitrogen and oxygen atoms in total. The second kappa shape index (κ2) is 7.28. The Morgan fingerprint density at radius 3 is 2.58 bits per heavy atom. The molecule has 7 heteroatoms. The van der Waals surface area contributed by atoms with Crippen molar-refractivity contribution in [3.8, 4) is 0 Å². The smallest absolute Gasteiger partial charge is 0.224 e. The molecule has 0 fully saturated rings. The lowest BCUT2D eigenvalue weighted by atomic mass is 10.4. The van der Waals surface area contributed by atoms with E-state index in [0.29, 0.717) is 18.9 Å². The minimum atomic E-state index is -2.89. The molecule has 1 rings (SSSR count). The zero-order valence-corrected chi connectivity index (χ0v) is 12.5. The monoisotopic (exact) mass is 286 g/mol. The van der Waals surface area contributed by atoms with Crippen LogP contribution in [0.2, 0.25) is 0 Å². The first kappa shape index (κ1) is 15.7. The highest BCUT2D eigenvalue weighted by molar-refractivity contribution is 7.90. The quantitative estimate of drug-likeness (QED) is 0.704. The van der Waals surface area contributed by atoms with Crippen LogP contribution in [0.3, 0.4) is 0 Å². The summed E-state index contributed by atoms with van der Waals surface area (Å²) >= 11 is 0. The Labute approximate surface area is 115 Å². The summed E-state index contributed by atoms with van der Waals surface area (Å²) in [6, 6.07) is 1.84. The molecule has 0 saturated carbocycles. The van der Waals surface area contributed by atoms with Crippen LogP contribution in [-0.2, 0) is 9.84 Å². The molecule has 0 aliphatic carbocycles. The van der Waals surface area contributed by atoms with Crippen molar-refractivity contribution in [1.82, 2.24) is 9.97 Å². The van der Waals surface area contributed by atoms with Gasteiger partial charge < -0.3 is 10.6 Å². The summed E-state index contributed by atoms with van der Waals surface area (Å²) in [6.45, 7) is 5.39. The third kappa shape index (κ3) is 6.95. The van der Waals surface area contributed by atoms with Crippen LogP contribution < -0.4 is 10.6 Å². The molecule has 1 aromatic heterocycles. The van der Waals surface area contributed by atoms with E-state index in [0.717, 1.165) is 24.5 Å². The fraction of sp³-hybridized carbons (Fsp3) is 0.667. The number of hydrogen-bond donors (Lipinski definition) is 2. The average Bonchev–Trinajstić information content (AvgIpc) is 2.30. The van der Waals surface area contributed by atoms with Gasteiger partial charge in [0.15, 0.2) is 0 Å². The first-order valence-electron chi connectivity index (χ1n) is 6.42. The lowest BCUT2D eigenvalue weighted by Crippen LogP contribution is -2.12. The fourth-order valence-corrected chi connectivity index (χ4v) is 2.19. The van der Waals surface area contributed by atoms with Crippen LogP contribution in [0.1, 0.15) is 25.5 Å². The summed E-state index contributed by atoms with van der Waals surface area (Å²) in [5.74, 6) is 1.51. The third-order valence-corrected chi connectivity index (χ3v) is 3.42. The molecule has 0 spiro atoms. The van der Waals surface area contributed by atoms with Crippen molar-refractivity contribution in [1.29, 1.82) is 0 Å². The average molecular weight is 286 g/mol. The van der Waals surface area contributed by atoms with Gasteiger partial charge in [0, 0.05) is 31.1 Å². The van der Waals surface area contributed by atoms with Gasteiger partial charge in [-0.05, 0) is 19.8 Å². The summed E-state index contributed by atoms with van der Waals surface area (Å²) in [5.41, 5.74) is 0.874. The van der Waals surface area contributed by atoms with Gasteiger partial charge in [0.25, 0.3) is 0 Å². The summed E-state index contributed by atoms with van der Waals surface area (Å²) < 4.78 is 22.0. The van der Waals surface area contributed by atoms with E-state index in [2.05, 4.69) is 27.5 Å². The van der Waals surface area contributed by atoms with Crippen LogP contribution in [0.25, 0.3) is 0 Å². The number of aromatic nitrogens is 2. The predicted octanol–water partition coefficient (Wildman–Crippen LogP) is 1.45. The van der Waals surface area contributed by atoms with E-state index in [4.69, 9.17) is 0 Å². The van der Waals surface area contributed by atoms with Gasteiger partial charge in [-0.1, -0.05) is 6.92 Å². The highest BCUT2D eigenvalue weighted by atomic mass is 32.2. The van der Waals surface area contributed by atoms with Crippen molar-refractivity contribution in [2.45, 2.75) is 26.7 Å². The maximum atomic E-state index is 11.0. The van der Waals surface area contributed by atoms with Crippen molar-refractivity contribution in [3.05, 3.63) is 11.8 Å². The van der Waals surface area contributed by atoms with Gasteiger partial charge in [-0.3, -0.25) is 0 Å². The second-order valence-electron chi connectivity index (χ2n) is 4.56. The molecule has 0 amide bonds. The van der Waals surface area contributed by atoms with E-state index < -0.39 is 9.84 Å². The number of nitrogens with zero attached hydrogens (tertiary/aromatic N) is 2. The largest absolute Gasteiger partial charge is 0.370 e. The van der Waals surface area contributed by atoms with Crippen LogP contribution >= 0.6 is 0 Å². The summed E-state index contributed by atoms with van der Waals surface area (Å²) in [4.78, 5) is 8.60. The molecule has 0 atom stereocenters. The molecule has 0 unspecified atom stereocenters. The van der Waals surface area contributed by atoms with Gasteiger partial charge in [-0.15, -0.1) is 0 Å². The normalized spacial score (nSPS) is 11.3. The Kier molecular flexibility index (Phi) is 6.01. The van der Waals surface area contributed by atoms with Gasteiger partial charge in [-0.25, -0.2) is 13.4 Å². The number of nitrogens with one attached hydrogen (secondary N) is 2. The zero-order valence-electron chi connectivity index (χ0n) is 11.7. The van der Waals surface area contributed by atoms with Crippen LogP contribution in [0.15, 0.2) is 6.07 Å². The van der Waals surface area contributed by atoms with E-state index in [1.807, 2.05) is 13.0 Å². The maximum absolute atomic E-state index is 11.0. The topological polar surface area (TPSA) is 84.0 Å². The highest BCUT2D eigenvalue weighted by Gasteiger charge is 2.03. The van der Waals surface area contributed by atoms with Crippen molar-refractivity contribution in [3.63, 3.8) is 0 Å². The number of sulfone groups is 1. The highest BCUT2D eigenvalue weighted by Crippen LogP contribution is 2.09. The molecule has 1 aromatic rings. The Morgan fingerprint density at radius 2 is 1.95 bits per heavy atom. The maximum Gasteiger partial charge on any atom is 0.224 e. The lowest BCUT2D eigenvalue weighted by Gasteiger charge is -2.09. The first-order chi connectivity index (χ1) is 8.90. The van der Waals surface area contributed by atoms with Crippen LogP contribution in [0.4, 0.5) is 11.8 Å². The van der Waals surface area contributed by atoms with E-state index in [-0.39, 0.29) is 5.75 Å². The number of anilines is 2. The number of rotatable bonds is 8. The molecule has 0 aliphatic rings. The number of hydrogen-bond acceptors (Lipinski definition) is 6. The van der Waals surface area contributed by atoms with Gasteiger partial charge in [0.1, 0.15) is 15.7 Å². The molecule has 2 N–H and O–H groups in total. The SMILES string of the molecule is CCCNc1nc(C)cc(NCCCS(C)(=O)=O)n1. The van der Waals surface area contributed by atoms with Crippen molar-refractivity contribution in [2.24, 2.45) is 0 Å². The molecule has 1 heterocycles. The summed E-state index contributed by atoms with van der Waals surface area (Å²) in [6.07, 6.45) is 2.82. The van der Waals surface area contributed by atoms with Crippen LogP contribution in [0.5, 0.6) is 0 Å². The minimum absolute atomic E-state index is 0.186. The molecule has 0 bridgehead atoms. The standard InChI is InChI=1S/C12H22N4O2S/c1-4-6-14-12-15-10(2)9-11(16-12)13-7-5-8-19(3,17)18/h9H,4-8H2,1-3H3,(H2,13,14,15,16). The molecule has 19 heavy (non-hydrogen) atoms. The van der Waals surface area contributed by atoms with Gasteiger partial charge in [0.05, 0.1) is 5.75 Å². The molecular formula is C12H22N4O2S. The molecular weight excluding hydrogens is 264 g/mol. The van der Waals surface area contributed by atoms with Crippen molar-refractivity contribution < 1.29 is 8.42 Å². The van der Waals surface area contributed by atoms with E-state index in [1.165, 1.54) is 6.26 Å². The molecule has 0 aromatic carbocycles. The molecule has 108 valence electrons. The van der Waals surface area contributed by atoms with Crippen molar-refractivity contribution >= 4 is 21.6 Å². The molecule has 0 saturated heterocycles. The summed E-state index contributed by atoms with van der Waals surface area (Å²) in [5, 5.41) is 6.25. The molecule has 0 aliphatic heterocycles. The second-order valence-corrected chi connectivity index (χ2v) is 6.81. The van der Waals surface area contributed by atoms with Gasteiger partial charge in [0.2, 0.25) is 5.95 Å². The van der Waals surface area contributed by atoms with Crippen LogP contribution in [0, 0.1) is 6.92 Å². The fourth-order valence-electron chi connectivity index (χ4n) is 1.53. The Morgan fingerprint density at radius 1 is 1.21 bits per heavy atom. The third-order valence-electron chi connectivity index (χ3n) is 2.39. The lowest BCUT2D eigenvalue weighted by molar-refractivity contribution is 0.600. The minimum Gasteiger partial charge on any atom is -0.370 e. The van der Waals surface area contributed by atoms with E-state index in [9.17, 15) is 8.42 Å². The Balaban J connectivity index is 2.51. The van der Waals surface area contributed by atoms with E-state index >= 15 is 0 Å². The van der Waals surface area contributed by atoms with Crippen molar-refractivity contribution in [2.75, 3.05) is 35.7 Å². The Hall–Kier alpha value is -1.37.